The number of hydrogen-bond donors (Lipinski definition) is 1. The second-order valence-corrected chi connectivity index (χ2v) is 4.04. The molecule has 1 saturated heterocycles. The lowest BCUT2D eigenvalue weighted by molar-refractivity contribution is 0.0620. The van der Waals surface area contributed by atoms with Crippen molar-refractivity contribution in [3.05, 3.63) is 35.6 Å². The number of carbonyl (C=O) groups is 2. The zero-order valence-electron chi connectivity index (χ0n) is 9.67. The summed E-state index contributed by atoms with van der Waals surface area (Å²) in [7, 11) is 0. The van der Waals surface area contributed by atoms with E-state index in [9.17, 15) is 14.0 Å². The van der Waals surface area contributed by atoms with Crippen molar-refractivity contribution in [3.8, 4) is 0 Å². The van der Waals surface area contributed by atoms with Crippen LogP contribution in [0.5, 0.6) is 0 Å². The summed E-state index contributed by atoms with van der Waals surface area (Å²) < 4.78 is 13.4. The van der Waals surface area contributed by atoms with E-state index >= 15 is 0 Å². The molecule has 0 spiro atoms. The second kappa shape index (κ2) is 5.03. The number of piperazine rings is 1. The molecule has 1 N–H and O–H groups in total. The number of amides is 2. The van der Waals surface area contributed by atoms with Crippen LogP contribution in [0.1, 0.15) is 10.4 Å². The summed E-state index contributed by atoms with van der Waals surface area (Å²) in [5, 5.41) is 8.79. The maximum atomic E-state index is 13.4. The Morgan fingerprint density at radius 3 is 2.17 bits per heavy atom. The Morgan fingerprint density at radius 2 is 1.61 bits per heavy atom. The third kappa shape index (κ3) is 2.42. The van der Waals surface area contributed by atoms with E-state index < -0.39 is 17.8 Å². The van der Waals surface area contributed by atoms with Crippen molar-refractivity contribution in [2.45, 2.75) is 0 Å². The van der Waals surface area contributed by atoms with Crippen LogP contribution < -0.4 is 0 Å². The first-order valence-electron chi connectivity index (χ1n) is 5.61. The van der Waals surface area contributed by atoms with Crippen LogP contribution in [0.2, 0.25) is 0 Å². The molecule has 1 aromatic carbocycles. The molecule has 0 bridgehead atoms. The predicted octanol–water partition coefficient (Wildman–Crippen LogP) is 1.26. The Bertz CT molecular complexity index is 470. The highest BCUT2D eigenvalue weighted by Gasteiger charge is 2.25. The van der Waals surface area contributed by atoms with Crippen molar-refractivity contribution in [2.24, 2.45) is 0 Å². The molecule has 1 aliphatic heterocycles. The van der Waals surface area contributed by atoms with Gasteiger partial charge in [0.05, 0.1) is 5.56 Å². The van der Waals surface area contributed by atoms with Crippen molar-refractivity contribution < 1.29 is 19.1 Å². The van der Waals surface area contributed by atoms with Gasteiger partial charge in [-0.15, -0.1) is 0 Å². The summed E-state index contributed by atoms with van der Waals surface area (Å²) in [5.74, 6) is -0.943. The minimum atomic E-state index is -0.993. The fourth-order valence-electron chi connectivity index (χ4n) is 1.91. The van der Waals surface area contributed by atoms with Crippen LogP contribution in [0.15, 0.2) is 24.3 Å². The molecule has 0 atom stereocenters. The zero-order chi connectivity index (χ0) is 13.1. The van der Waals surface area contributed by atoms with Crippen molar-refractivity contribution in [3.63, 3.8) is 0 Å². The lowest BCUT2D eigenvalue weighted by Crippen LogP contribution is -2.50. The number of halogens is 1. The van der Waals surface area contributed by atoms with Gasteiger partial charge in [0.1, 0.15) is 5.82 Å². The summed E-state index contributed by atoms with van der Waals surface area (Å²) in [6.45, 7) is 1.10. The van der Waals surface area contributed by atoms with Gasteiger partial charge in [-0.05, 0) is 12.1 Å². The van der Waals surface area contributed by atoms with E-state index in [-0.39, 0.29) is 18.7 Å². The van der Waals surface area contributed by atoms with Crippen LogP contribution in [0.3, 0.4) is 0 Å². The average Bonchev–Trinajstić information content (AvgIpc) is 2.38. The molecule has 0 aromatic heterocycles. The lowest BCUT2D eigenvalue weighted by atomic mass is 10.1. The fraction of sp³-hybridized carbons (Fsp3) is 0.333. The Morgan fingerprint density at radius 1 is 1.06 bits per heavy atom. The van der Waals surface area contributed by atoms with Gasteiger partial charge in [0.15, 0.2) is 0 Å². The Hall–Kier alpha value is -2.11. The molecule has 18 heavy (non-hydrogen) atoms. The molecule has 0 saturated carbocycles. The molecule has 1 fully saturated rings. The first-order chi connectivity index (χ1) is 8.59. The molecule has 96 valence electrons. The molecule has 5 nitrogen and oxygen atoms in total. The summed E-state index contributed by atoms with van der Waals surface area (Å²) in [6, 6.07) is 5.79. The molecule has 6 heteroatoms. The van der Waals surface area contributed by atoms with E-state index in [0.29, 0.717) is 13.1 Å². The smallest absolute Gasteiger partial charge is 0.407 e. The molecule has 0 aliphatic carbocycles. The van der Waals surface area contributed by atoms with Gasteiger partial charge in [-0.3, -0.25) is 4.79 Å². The largest absolute Gasteiger partial charge is 0.465 e. The highest BCUT2D eigenvalue weighted by atomic mass is 19.1. The molecule has 0 unspecified atom stereocenters. The van der Waals surface area contributed by atoms with Gasteiger partial charge in [-0.1, -0.05) is 12.1 Å². The first-order valence-corrected chi connectivity index (χ1v) is 5.61. The van der Waals surface area contributed by atoms with Crippen molar-refractivity contribution in [1.82, 2.24) is 9.80 Å². The minimum absolute atomic E-state index is 0.0290. The third-order valence-electron chi connectivity index (χ3n) is 2.94. The number of nitrogens with zero attached hydrogens (tertiary/aromatic N) is 2. The Labute approximate surface area is 103 Å². The SMILES string of the molecule is O=C(O)N1CCN(C(=O)c2ccccc2F)CC1. The van der Waals surface area contributed by atoms with Crippen LogP contribution in [0, 0.1) is 5.82 Å². The molecular weight excluding hydrogens is 239 g/mol. The van der Waals surface area contributed by atoms with Crippen LogP contribution in [-0.4, -0.2) is 53.1 Å². The van der Waals surface area contributed by atoms with Gasteiger partial charge in [-0.2, -0.15) is 0 Å². The number of rotatable bonds is 1. The summed E-state index contributed by atoms with van der Waals surface area (Å²) >= 11 is 0. The van der Waals surface area contributed by atoms with Crippen molar-refractivity contribution >= 4 is 12.0 Å². The van der Waals surface area contributed by atoms with Gasteiger partial charge >= 0.3 is 6.09 Å². The van der Waals surface area contributed by atoms with Gasteiger partial charge in [0.2, 0.25) is 0 Å². The Balaban J connectivity index is 2.04. The normalized spacial score (nSPS) is 15.6. The second-order valence-electron chi connectivity index (χ2n) is 4.04. The van der Waals surface area contributed by atoms with E-state index in [2.05, 4.69) is 0 Å². The van der Waals surface area contributed by atoms with E-state index in [1.807, 2.05) is 0 Å². The maximum Gasteiger partial charge on any atom is 0.407 e. The number of benzene rings is 1. The highest BCUT2D eigenvalue weighted by Crippen LogP contribution is 2.12. The predicted molar refractivity (Wildman–Crippen MR) is 61.9 cm³/mol. The van der Waals surface area contributed by atoms with Crippen molar-refractivity contribution in [1.29, 1.82) is 0 Å². The molecule has 1 aromatic rings. The van der Waals surface area contributed by atoms with Crippen LogP contribution in [0.25, 0.3) is 0 Å². The van der Waals surface area contributed by atoms with Crippen LogP contribution >= 0.6 is 0 Å². The zero-order valence-corrected chi connectivity index (χ0v) is 9.67. The van der Waals surface area contributed by atoms with Gasteiger partial charge in [0, 0.05) is 26.2 Å². The molecule has 1 aliphatic rings. The van der Waals surface area contributed by atoms with Gasteiger partial charge in [0.25, 0.3) is 5.91 Å². The highest BCUT2D eigenvalue weighted by molar-refractivity contribution is 5.94. The maximum absolute atomic E-state index is 13.4. The molecule has 1 heterocycles. The standard InChI is InChI=1S/C12H13FN2O3/c13-10-4-2-1-3-9(10)11(16)14-5-7-15(8-6-14)12(17)18/h1-4H,5-8H2,(H,17,18). The van der Waals surface area contributed by atoms with E-state index in [0.717, 1.165) is 0 Å². The van der Waals surface area contributed by atoms with E-state index in [1.165, 1.54) is 28.0 Å². The number of carbonyl (C=O) groups excluding carboxylic acids is 1. The van der Waals surface area contributed by atoms with Crippen LogP contribution in [-0.2, 0) is 0 Å². The van der Waals surface area contributed by atoms with E-state index in [4.69, 9.17) is 5.11 Å². The number of hydrogen-bond acceptors (Lipinski definition) is 2. The lowest BCUT2D eigenvalue weighted by Gasteiger charge is -2.33. The van der Waals surface area contributed by atoms with Gasteiger partial charge < -0.3 is 14.9 Å². The number of carboxylic acid groups (broad SMARTS) is 1. The third-order valence-corrected chi connectivity index (χ3v) is 2.94. The fourth-order valence-corrected chi connectivity index (χ4v) is 1.91. The Kier molecular flexibility index (Phi) is 3.45. The van der Waals surface area contributed by atoms with E-state index in [1.54, 1.807) is 6.07 Å². The average molecular weight is 252 g/mol. The minimum Gasteiger partial charge on any atom is -0.465 e. The van der Waals surface area contributed by atoms with Crippen LogP contribution in [0.4, 0.5) is 9.18 Å². The monoisotopic (exact) mass is 252 g/mol. The molecule has 0 radical (unpaired) electrons. The molecular formula is C12H13FN2O3. The van der Waals surface area contributed by atoms with Gasteiger partial charge in [-0.25, -0.2) is 9.18 Å². The summed E-state index contributed by atoms with van der Waals surface area (Å²) in [4.78, 5) is 25.4. The first kappa shape index (κ1) is 12.3. The summed E-state index contributed by atoms with van der Waals surface area (Å²) in [6.07, 6.45) is -0.993. The quantitative estimate of drug-likeness (QED) is 0.818. The van der Waals surface area contributed by atoms with Crippen molar-refractivity contribution in [2.75, 3.05) is 26.2 Å². The topological polar surface area (TPSA) is 60.9 Å². The summed E-state index contributed by atoms with van der Waals surface area (Å²) in [5.41, 5.74) is 0.0290. The molecule has 2 amide bonds. The molecule has 2 rings (SSSR count).